The molecular formula is C10H17ClN4O2. The number of hydrogen-bond acceptors (Lipinski definition) is 6. The maximum atomic E-state index is 9.11. The summed E-state index contributed by atoms with van der Waals surface area (Å²) in [4.78, 5) is 11.8. The van der Waals surface area contributed by atoms with E-state index in [0.717, 1.165) is 6.42 Å². The lowest BCUT2D eigenvalue weighted by Crippen LogP contribution is -2.12. The first-order chi connectivity index (χ1) is 8.11. The van der Waals surface area contributed by atoms with Gasteiger partial charge in [-0.2, -0.15) is 15.0 Å². The van der Waals surface area contributed by atoms with E-state index >= 15 is 0 Å². The molecule has 0 saturated heterocycles. The van der Waals surface area contributed by atoms with Crippen molar-refractivity contribution in [1.29, 1.82) is 0 Å². The zero-order valence-electron chi connectivity index (χ0n) is 9.98. The Balaban J connectivity index is 2.55. The number of halogens is 1. The van der Waals surface area contributed by atoms with Crippen LogP contribution in [0.15, 0.2) is 0 Å². The summed E-state index contributed by atoms with van der Waals surface area (Å²) < 4.78 is 5.27. The maximum absolute atomic E-state index is 9.11. The molecule has 0 saturated carbocycles. The van der Waals surface area contributed by atoms with Crippen molar-refractivity contribution in [3.63, 3.8) is 0 Å². The molecule has 1 unspecified atom stereocenters. The molecule has 1 rings (SSSR count). The zero-order valence-corrected chi connectivity index (χ0v) is 10.7. The van der Waals surface area contributed by atoms with E-state index in [1.807, 2.05) is 6.92 Å². The molecule has 17 heavy (non-hydrogen) atoms. The smallest absolute Gasteiger partial charge is 0.322 e. The number of nitrogens with zero attached hydrogens (tertiary/aromatic N) is 3. The molecule has 1 aromatic heterocycles. The summed E-state index contributed by atoms with van der Waals surface area (Å²) in [6.45, 7) is 4.81. The second kappa shape index (κ2) is 7.24. The Bertz CT molecular complexity index is 349. The van der Waals surface area contributed by atoms with Crippen molar-refractivity contribution in [1.82, 2.24) is 15.0 Å². The summed E-state index contributed by atoms with van der Waals surface area (Å²) in [5, 5.41) is 12.1. The molecular weight excluding hydrogens is 244 g/mol. The van der Waals surface area contributed by atoms with E-state index in [0.29, 0.717) is 25.5 Å². The van der Waals surface area contributed by atoms with Crippen molar-refractivity contribution in [3.05, 3.63) is 5.28 Å². The van der Waals surface area contributed by atoms with Gasteiger partial charge in [-0.05, 0) is 31.4 Å². The minimum Gasteiger partial charge on any atom is -0.463 e. The average Bonchev–Trinajstić information content (AvgIpc) is 2.25. The maximum Gasteiger partial charge on any atom is 0.322 e. The monoisotopic (exact) mass is 260 g/mol. The van der Waals surface area contributed by atoms with Crippen LogP contribution in [0.1, 0.15) is 26.7 Å². The molecule has 2 N–H and O–H groups in total. The fourth-order valence-corrected chi connectivity index (χ4v) is 1.21. The van der Waals surface area contributed by atoms with Gasteiger partial charge in [-0.1, -0.05) is 6.92 Å². The third kappa shape index (κ3) is 5.65. The number of hydrogen-bond donors (Lipinski definition) is 2. The molecule has 0 aliphatic heterocycles. The van der Waals surface area contributed by atoms with Gasteiger partial charge in [0, 0.05) is 6.54 Å². The van der Waals surface area contributed by atoms with E-state index in [-0.39, 0.29) is 17.4 Å². The lowest BCUT2D eigenvalue weighted by atomic mass is 10.3. The number of aliphatic hydroxyl groups excluding tert-OH is 1. The van der Waals surface area contributed by atoms with Crippen molar-refractivity contribution < 1.29 is 9.84 Å². The number of aromatic nitrogens is 3. The lowest BCUT2D eigenvalue weighted by Gasteiger charge is -2.08. The first-order valence-corrected chi connectivity index (χ1v) is 5.96. The molecule has 0 aromatic carbocycles. The van der Waals surface area contributed by atoms with Crippen LogP contribution in [0.3, 0.4) is 0 Å². The Morgan fingerprint density at radius 3 is 2.82 bits per heavy atom. The van der Waals surface area contributed by atoms with Crippen molar-refractivity contribution in [2.24, 2.45) is 0 Å². The van der Waals surface area contributed by atoms with Gasteiger partial charge in [-0.3, -0.25) is 0 Å². The minimum absolute atomic E-state index is 0.0886. The molecule has 1 aromatic rings. The largest absolute Gasteiger partial charge is 0.463 e. The summed E-state index contributed by atoms with van der Waals surface area (Å²) >= 11 is 5.74. The molecule has 0 spiro atoms. The topological polar surface area (TPSA) is 80.2 Å². The number of rotatable bonds is 7. The van der Waals surface area contributed by atoms with Gasteiger partial charge in [0.05, 0.1) is 12.7 Å². The highest BCUT2D eigenvalue weighted by molar-refractivity contribution is 6.28. The van der Waals surface area contributed by atoms with Gasteiger partial charge in [0.25, 0.3) is 0 Å². The first kappa shape index (κ1) is 13.9. The molecule has 0 amide bonds. The Morgan fingerprint density at radius 1 is 1.41 bits per heavy atom. The van der Waals surface area contributed by atoms with Gasteiger partial charge in [0.1, 0.15) is 0 Å². The number of ether oxygens (including phenoxy) is 1. The summed E-state index contributed by atoms with van der Waals surface area (Å²) in [7, 11) is 0. The van der Waals surface area contributed by atoms with Crippen LogP contribution in [-0.4, -0.2) is 39.3 Å². The third-order valence-corrected chi connectivity index (χ3v) is 2.04. The van der Waals surface area contributed by atoms with Crippen molar-refractivity contribution >= 4 is 17.5 Å². The zero-order chi connectivity index (χ0) is 12.7. The molecule has 1 atom stereocenters. The standard InChI is InChI=1S/C10H17ClN4O2/c1-3-6-17-10-14-8(11)13-9(15-10)12-5-4-7(2)16/h7,16H,3-6H2,1-2H3,(H,12,13,14,15). The van der Waals surface area contributed by atoms with E-state index in [1.54, 1.807) is 6.92 Å². The molecule has 1 heterocycles. The summed E-state index contributed by atoms with van der Waals surface area (Å²) in [5.74, 6) is 0.358. The quantitative estimate of drug-likeness (QED) is 0.773. The lowest BCUT2D eigenvalue weighted by molar-refractivity contribution is 0.188. The Morgan fingerprint density at radius 2 is 2.18 bits per heavy atom. The summed E-state index contributed by atoms with van der Waals surface area (Å²) in [5.41, 5.74) is 0. The fourth-order valence-electron chi connectivity index (χ4n) is 1.06. The first-order valence-electron chi connectivity index (χ1n) is 5.58. The molecule has 0 radical (unpaired) electrons. The van der Waals surface area contributed by atoms with E-state index in [9.17, 15) is 0 Å². The van der Waals surface area contributed by atoms with Crippen molar-refractivity contribution in [3.8, 4) is 6.01 Å². The number of aliphatic hydroxyl groups is 1. The predicted octanol–water partition coefficient (Wildman–Crippen LogP) is 1.50. The van der Waals surface area contributed by atoms with Crippen LogP contribution in [0.5, 0.6) is 6.01 Å². The predicted molar refractivity (Wildman–Crippen MR) is 65.4 cm³/mol. The second-order valence-corrected chi connectivity index (χ2v) is 3.96. The SMILES string of the molecule is CCCOc1nc(Cl)nc(NCCC(C)O)n1. The van der Waals surface area contributed by atoms with Crippen molar-refractivity contribution in [2.75, 3.05) is 18.5 Å². The highest BCUT2D eigenvalue weighted by atomic mass is 35.5. The van der Waals surface area contributed by atoms with Crippen LogP contribution >= 0.6 is 11.6 Å². The van der Waals surface area contributed by atoms with E-state index in [4.69, 9.17) is 21.4 Å². The fraction of sp³-hybridized carbons (Fsp3) is 0.700. The van der Waals surface area contributed by atoms with E-state index in [2.05, 4.69) is 20.3 Å². The Labute approximate surface area is 105 Å². The van der Waals surface area contributed by atoms with Crippen LogP contribution in [0, 0.1) is 0 Å². The second-order valence-electron chi connectivity index (χ2n) is 3.62. The van der Waals surface area contributed by atoms with Crippen LogP contribution < -0.4 is 10.1 Å². The normalized spacial score (nSPS) is 12.2. The van der Waals surface area contributed by atoms with Gasteiger partial charge < -0.3 is 15.2 Å². The van der Waals surface area contributed by atoms with Gasteiger partial charge in [-0.15, -0.1) is 0 Å². The molecule has 7 heteroatoms. The van der Waals surface area contributed by atoms with Gasteiger partial charge in [-0.25, -0.2) is 0 Å². The molecule has 0 aliphatic carbocycles. The van der Waals surface area contributed by atoms with Crippen LogP contribution in [-0.2, 0) is 0 Å². The van der Waals surface area contributed by atoms with Gasteiger partial charge in [0.15, 0.2) is 0 Å². The van der Waals surface area contributed by atoms with E-state index < -0.39 is 0 Å². The molecule has 0 fully saturated rings. The Hall–Kier alpha value is -1.14. The van der Waals surface area contributed by atoms with Crippen LogP contribution in [0.25, 0.3) is 0 Å². The van der Waals surface area contributed by atoms with E-state index in [1.165, 1.54) is 0 Å². The van der Waals surface area contributed by atoms with Gasteiger partial charge >= 0.3 is 6.01 Å². The number of anilines is 1. The summed E-state index contributed by atoms with van der Waals surface area (Å²) in [6.07, 6.45) is 1.11. The highest BCUT2D eigenvalue weighted by Gasteiger charge is 2.05. The Kier molecular flexibility index (Phi) is 5.93. The average molecular weight is 261 g/mol. The summed E-state index contributed by atoms with van der Waals surface area (Å²) in [6, 6.07) is 0.214. The molecule has 0 bridgehead atoms. The highest BCUT2D eigenvalue weighted by Crippen LogP contribution is 2.11. The van der Waals surface area contributed by atoms with Crippen LogP contribution in [0.2, 0.25) is 5.28 Å². The van der Waals surface area contributed by atoms with Crippen LogP contribution in [0.4, 0.5) is 5.95 Å². The number of nitrogens with one attached hydrogen (secondary N) is 1. The van der Waals surface area contributed by atoms with Gasteiger partial charge in [0.2, 0.25) is 11.2 Å². The minimum atomic E-state index is -0.365. The molecule has 96 valence electrons. The van der Waals surface area contributed by atoms with Crippen molar-refractivity contribution in [2.45, 2.75) is 32.8 Å². The third-order valence-electron chi connectivity index (χ3n) is 1.87. The molecule has 6 nitrogen and oxygen atoms in total. The molecule has 0 aliphatic rings.